The van der Waals surface area contributed by atoms with Gasteiger partial charge in [-0.05, 0) is 31.4 Å². The quantitative estimate of drug-likeness (QED) is 0.648. The van der Waals surface area contributed by atoms with E-state index in [1.54, 1.807) is 13.8 Å². The number of halogens is 1. The molecule has 3 aromatic rings. The highest BCUT2D eigenvalue weighted by Gasteiger charge is 2.17. The molecule has 4 nitrogen and oxygen atoms in total. The molecule has 108 valence electrons. The lowest BCUT2D eigenvalue weighted by molar-refractivity contribution is 0.391. The van der Waals surface area contributed by atoms with Gasteiger partial charge in [0, 0.05) is 21.0 Å². The molecule has 0 fully saturated rings. The second-order valence-corrected chi connectivity index (χ2v) is 5.84. The Morgan fingerprint density at radius 2 is 1.48 bits per heavy atom. The zero-order chi connectivity index (χ0) is 15.1. The Morgan fingerprint density at radius 1 is 0.905 bits per heavy atom. The Balaban J connectivity index is 2.16. The van der Waals surface area contributed by atoms with Crippen LogP contribution in [0.2, 0.25) is 0 Å². The summed E-state index contributed by atoms with van der Waals surface area (Å²) in [6.07, 6.45) is 0. The minimum absolute atomic E-state index is 0.0111. The van der Waals surface area contributed by atoms with E-state index in [9.17, 15) is 10.2 Å². The molecule has 3 N–H and O–H groups in total. The van der Waals surface area contributed by atoms with E-state index in [1.807, 2.05) is 36.4 Å². The standard InChI is InChI=1S/C16H15BrN2O2/c1-9-10(2)16(21)19(15(9)20)18-14-8-7-13(17)11-5-3-4-6-12(11)14/h3-8,18,20-21H,1-2H3. The van der Waals surface area contributed by atoms with Crippen LogP contribution in [0.1, 0.15) is 11.1 Å². The van der Waals surface area contributed by atoms with E-state index < -0.39 is 0 Å². The Bertz CT molecular complexity index is 814. The monoisotopic (exact) mass is 346 g/mol. The van der Waals surface area contributed by atoms with Crippen LogP contribution in [0.3, 0.4) is 0 Å². The summed E-state index contributed by atoms with van der Waals surface area (Å²) in [5, 5.41) is 22.3. The molecule has 0 aliphatic carbocycles. The SMILES string of the molecule is Cc1c(C)c(O)n(Nc2ccc(Br)c3ccccc23)c1O. The lowest BCUT2D eigenvalue weighted by atomic mass is 10.1. The van der Waals surface area contributed by atoms with E-state index in [0.717, 1.165) is 20.9 Å². The second-order valence-electron chi connectivity index (χ2n) is 4.98. The lowest BCUT2D eigenvalue weighted by Gasteiger charge is -2.13. The van der Waals surface area contributed by atoms with Crippen LogP contribution in [0.25, 0.3) is 10.8 Å². The Kier molecular flexibility index (Phi) is 3.29. The van der Waals surface area contributed by atoms with Crippen molar-refractivity contribution in [2.45, 2.75) is 13.8 Å². The number of aromatic hydroxyl groups is 2. The van der Waals surface area contributed by atoms with Crippen molar-refractivity contribution >= 4 is 32.4 Å². The molecule has 1 aromatic heterocycles. The lowest BCUT2D eigenvalue weighted by Crippen LogP contribution is -2.08. The molecule has 0 radical (unpaired) electrons. The van der Waals surface area contributed by atoms with Crippen LogP contribution in [-0.2, 0) is 0 Å². The van der Waals surface area contributed by atoms with E-state index in [-0.39, 0.29) is 11.8 Å². The third-order valence-electron chi connectivity index (χ3n) is 3.76. The van der Waals surface area contributed by atoms with Gasteiger partial charge in [-0.25, -0.2) is 0 Å². The molecule has 2 aromatic carbocycles. The van der Waals surface area contributed by atoms with Gasteiger partial charge < -0.3 is 10.2 Å². The van der Waals surface area contributed by atoms with Crippen molar-refractivity contribution in [3.63, 3.8) is 0 Å². The first kappa shape index (κ1) is 13.8. The maximum absolute atomic E-state index is 10.1. The van der Waals surface area contributed by atoms with Gasteiger partial charge >= 0.3 is 0 Å². The fourth-order valence-electron chi connectivity index (χ4n) is 2.36. The smallest absolute Gasteiger partial charge is 0.216 e. The van der Waals surface area contributed by atoms with Crippen LogP contribution in [-0.4, -0.2) is 14.9 Å². The second kappa shape index (κ2) is 5.00. The summed E-state index contributed by atoms with van der Waals surface area (Å²) in [7, 11) is 0. The molecule has 3 rings (SSSR count). The molecule has 21 heavy (non-hydrogen) atoms. The summed E-state index contributed by atoms with van der Waals surface area (Å²) < 4.78 is 2.29. The van der Waals surface area contributed by atoms with Gasteiger partial charge in [0.25, 0.3) is 0 Å². The molecular weight excluding hydrogens is 332 g/mol. The Hall–Kier alpha value is -2.14. The first-order chi connectivity index (χ1) is 10.0. The number of rotatable bonds is 2. The first-order valence-electron chi connectivity index (χ1n) is 6.55. The maximum atomic E-state index is 10.1. The van der Waals surface area contributed by atoms with Crippen molar-refractivity contribution in [1.82, 2.24) is 4.68 Å². The molecule has 0 saturated heterocycles. The third kappa shape index (κ3) is 2.14. The van der Waals surface area contributed by atoms with Gasteiger partial charge in [0.2, 0.25) is 11.8 Å². The van der Waals surface area contributed by atoms with Crippen LogP contribution in [0.5, 0.6) is 11.8 Å². The van der Waals surface area contributed by atoms with Crippen LogP contribution in [0, 0.1) is 13.8 Å². The molecular formula is C16H15BrN2O2. The van der Waals surface area contributed by atoms with Crippen LogP contribution < -0.4 is 5.43 Å². The number of benzene rings is 2. The predicted octanol–water partition coefficient (Wildman–Crippen LogP) is 4.31. The summed E-state index contributed by atoms with van der Waals surface area (Å²) in [6, 6.07) is 11.7. The zero-order valence-corrected chi connectivity index (χ0v) is 13.3. The van der Waals surface area contributed by atoms with Gasteiger partial charge in [0.1, 0.15) is 0 Å². The van der Waals surface area contributed by atoms with Crippen molar-refractivity contribution in [2.75, 3.05) is 5.43 Å². The van der Waals surface area contributed by atoms with Crippen LogP contribution >= 0.6 is 15.9 Å². The molecule has 0 aliphatic heterocycles. The van der Waals surface area contributed by atoms with Crippen molar-refractivity contribution < 1.29 is 10.2 Å². The number of fused-ring (bicyclic) bond motifs is 1. The molecule has 0 unspecified atom stereocenters. The fourth-order valence-corrected chi connectivity index (χ4v) is 2.84. The van der Waals surface area contributed by atoms with Gasteiger partial charge in [-0.2, -0.15) is 4.68 Å². The van der Waals surface area contributed by atoms with Crippen molar-refractivity contribution in [3.8, 4) is 11.8 Å². The van der Waals surface area contributed by atoms with Gasteiger partial charge in [-0.15, -0.1) is 0 Å². The van der Waals surface area contributed by atoms with Crippen molar-refractivity contribution in [2.24, 2.45) is 0 Å². The van der Waals surface area contributed by atoms with Crippen molar-refractivity contribution in [1.29, 1.82) is 0 Å². The maximum Gasteiger partial charge on any atom is 0.216 e. The molecule has 0 amide bonds. The largest absolute Gasteiger partial charge is 0.493 e. The van der Waals surface area contributed by atoms with E-state index in [0.29, 0.717) is 11.1 Å². The van der Waals surface area contributed by atoms with Gasteiger partial charge in [0.15, 0.2) is 0 Å². The summed E-state index contributed by atoms with van der Waals surface area (Å²) in [6.45, 7) is 3.53. The Morgan fingerprint density at radius 3 is 2.10 bits per heavy atom. The van der Waals surface area contributed by atoms with Gasteiger partial charge in [-0.1, -0.05) is 40.2 Å². The number of nitrogens with zero attached hydrogens (tertiary/aromatic N) is 1. The molecule has 5 heteroatoms. The average Bonchev–Trinajstić information content (AvgIpc) is 2.68. The van der Waals surface area contributed by atoms with Gasteiger partial charge in [-0.3, -0.25) is 5.43 Å². The topological polar surface area (TPSA) is 57.4 Å². The highest BCUT2D eigenvalue weighted by atomic mass is 79.9. The summed E-state index contributed by atoms with van der Waals surface area (Å²) in [5.41, 5.74) is 5.18. The van der Waals surface area contributed by atoms with E-state index >= 15 is 0 Å². The van der Waals surface area contributed by atoms with Gasteiger partial charge in [0.05, 0.1) is 5.69 Å². The highest BCUT2D eigenvalue weighted by molar-refractivity contribution is 9.10. The average molecular weight is 347 g/mol. The summed E-state index contributed by atoms with van der Waals surface area (Å²) >= 11 is 3.53. The zero-order valence-electron chi connectivity index (χ0n) is 11.7. The first-order valence-corrected chi connectivity index (χ1v) is 7.34. The summed E-state index contributed by atoms with van der Waals surface area (Å²) in [5.74, 6) is 0.0222. The number of hydrogen-bond acceptors (Lipinski definition) is 3. The highest BCUT2D eigenvalue weighted by Crippen LogP contribution is 2.35. The molecule has 0 bridgehead atoms. The number of hydrogen-bond donors (Lipinski definition) is 3. The molecule has 0 atom stereocenters. The number of aromatic nitrogens is 1. The Labute approximate surface area is 130 Å². The summed E-state index contributed by atoms with van der Waals surface area (Å²) in [4.78, 5) is 0. The third-order valence-corrected chi connectivity index (χ3v) is 4.45. The number of anilines is 1. The number of nitrogens with one attached hydrogen (secondary N) is 1. The van der Waals surface area contributed by atoms with E-state index in [1.165, 1.54) is 4.68 Å². The normalized spacial score (nSPS) is 11.0. The van der Waals surface area contributed by atoms with Crippen LogP contribution in [0.15, 0.2) is 40.9 Å². The predicted molar refractivity (Wildman–Crippen MR) is 87.9 cm³/mol. The molecule has 0 spiro atoms. The van der Waals surface area contributed by atoms with Crippen LogP contribution in [0.4, 0.5) is 5.69 Å². The van der Waals surface area contributed by atoms with Crippen molar-refractivity contribution in [3.05, 3.63) is 52.0 Å². The van der Waals surface area contributed by atoms with E-state index in [4.69, 9.17) is 0 Å². The fraction of sp³-hybridized carbons (Fsp3) is 0.125. The minimum Gasteiger partial charge on any atom is -0.493 e. The molecule has 1 heterocycles. The molecule has 0 saturated carbocycles. The molecule has 0 aliphatic rings. The van der Waals surface area contributed by atoms with E-state index in [2.05, 4.69) is 21.4 Å². The minimum atomic E-state index is 0.0111.